The number of rotatable bonds is 7. The average Bonchev–Trinajstić information content (AvgIpc) is 2.40. The molecule has 1 aromatic rings. The van der Waals surface area contributed by atoms with Crippen LogP contribution in [0.15, 0.2) is 18.2 Å². The molecule has 1 rings (SSSR count). The molecule has 0 fully saturated rings. The van der Waals surface area contributed by atoms with Crippen LogP contribution < -0.4 is 5.32 Å². The van der Waals surface area contributed by atoms with E-state index in [0.29, 0.717) is 13.2 Å². The molecule has 1 N–H and O–H groups in total. The molecule has 4 heteroatoms. The van der Waals surface area contributed by atoms with Crippen LogP contribution in [0.25, 0.3) is 0 Å². The van der Waals surface area contributed by atoms with Crippen molar-refractivity contribution in [2.24, 2.45) is 0 Å². The normalized spacial score (nSPS) is 10.7. The number of hydrogen-bond donors (Lipinski definition) is 1. The summed E-state index contributed by atoms with van der Waals surface area (Å²) < 4.78 is 5.47. The second-order valence-electron chi connectivity index (χ2n) is 5.21. The molecule has 0 spiro atoms. The molecule has 0 atom stereocenters. The molecule has 0 bridgehead atoms. The van der Waals surface area contributed by atoms with Crippen molar-refractivity contribution in [2.75, 3.05) is 32.1 Å². The smallest absolute Gasteiger partial charge is 0.253 e. The van der Waals surface area contributed by atoms with Crippen LogP contribution in [0.4, 0.5) is 5.69 Å². The van der Waals surface area contributed by atoms with Crippen LogP contribution in [-0.4, -0.2) is 43.7 Å². The Balaban J connectivity index is 2.64. The number of likely N-dealkylation sites (N-methyl/N-ethyl adjacent to an activating group) is 1. The summed E-state index contributed by atoms with van der Waals surface area (Å²) in [5.41, 5.74) is 2.88. The maximum atomic E-state index is 12.3. The Bertz CT molecular complexity index is 444. The van der Waals surface area contributed by atoms with Gasteiger partial charge in [-0.15, -0.1) is 0 Å². The van der Waals surface area contributed by atoms with Crippen LogP contribution >= 0.6 is 0 Å². The number of carbonyl (C=O) groups is 1. The van der Waals surface area contributed by atoms with E-state index in [9.17, 15) is 4.79 Å². The van der Waals surface area contributed by atoms with E-state index in [1.54, 1.807) is 11.9 Å². The average molecular weight is 278 g/mol. The number of hydrogen-bond acceptors (Lipinski definition) is 3. The lowest BCUT2D eigenvalue weighted by Gasteiger charge is -2.19. The van der Waals surface area contributed by atoms with Crippen LogP contribution in [0, 0.1) is 6.92 Å². The largest absolute Gasteiger partial charge is 0.385 e. The number of ether oxygens (including phenoxy) is 1. The third-order valence-electron chi connectivity index (χ3n) is 3.07. The number of aryl methyl sites for hydroxylation is 1. The molecule has 1 amide bonds. The minimum absolute atomic E-state index is 0.0310. The molecule has 20 heavy (non-hydrogen) atoms. The van der Waals surface area contributed by atoms with Gasteiger partial charge < -0.3 is 15.0 Å². The SMILES string of the molecule is CCNc1ccc(C(=O)N(C)CCOC(C)C)cc1C. The van der Waals surface area contributed by atoms with E-state index in [2.05, 4.69) is 12.2 Å². The predicted octanol–water partition coefficient (Wildman–Crippen LogP) is 2.92. The molecular weight excluding hydrogens is 252 g/mol. The zero-order chi connectivity index (χ0) is 15.1. The second-order valence-corrected chi connectivity index (χ2v) is 5.21. The maximum Gasteiger partial charge on any atom is 0.253 e. The molecule has 0 radical (unpaired) electrons. The fourth-order valence-electron chi connectivity index (χ4n) is 1.93. The van der Waals surface area contributed by atoms with Gasteiger partial charge in [0.15, 0.2) is 0 Å². The summed E-state index contributed by atoms with van der Waals surface area (Å²) in [4.78, 5) is 14.0. The Kier molecular flexibility index (Phi) is 6.52. The van der Waals surface area contributed by atoms with Crippen molar-refractivity contribution in [3.63, 3.8) is 0 Å². The Morgan fingerprint density at radius 1 is 1.40 bits per heavy atom. The first-order valence-corrected chi connectivity index (χ1v) is 7.17. The third kappa shape index (κ3) is 4.85. The molecule has 0 aliphatic carbocycles. The molecule has 0 unspecified atom stereocenters. The fourth-order valence-corrected chi connectivity index (χ4v) is 1.93. The Labute approximate surface area is 122 Å². The quantitative estimate of drug-likeness (QED) is 0.834. The molecule has 0 saturated heterocycles. The zero-order valence-corrected chi connectivity index (χ0v) is 13.2. The van der Waals surface area contributed by atoms with E-state index < -0.39 is 0 Å². The highest BCUT2D eigenvalue weighted by molar-refractivity contribution is 5.94. The molecule has 112 valence electrons. The van der Waals surface area contributed by atoms with Crippen LogP contribution in [0.3, 0.4) is 0 Å². The van der Waals surface area contributed by atoms with Crippen molar-refractivity contribution in [3.8, 4) is 0 Å². The monoisotopic (exact) mass is 278 g/mol. The van der Waals surface area contributed by atoms with Crippen LogP contribution in [0.5, 0.6) is 0 Å². The Morgan fingerprint density at radius 3 is 2.65 bits per heavy atom. The number of nitrogens with zero attached hydrogens (tertiary/aromatic N) is 1. The highest BCUT2D eigenvalue weighted by Gasteiger charge is 2.12. The first-order chi connectivity index (χ1) is 9.45. The number of amides is 1. The summed E-state index contributed by atoms with van der Waals surface area (Å²) in [6.07, 6.45) is 0.195. The number of anilines is 1. The zero-order valence-electron chi connectivity index (χ0n) is 13.2. The Morgan fingerprint density at radius 2 is 2.10 bits per heavy atom. The van der Waals surface area contributed by atoms with Crippen molar-refractivity contribution in [2.45, 2.75) is 33.8 Å². The van der Waals surface area contributed by atoms with Gasteiger partial charge in [-0.1, -0.05) is 0 Å². The number of carbonyl (C=O) groups excluding carboxylic acids is 1. The lowest BCUT2D eigenvalue weighted by molar-refractivity contribution is 0.0532. The van der Waals surface area contributed by atoms with Gasteiger partial charge in [0.05, 0.1) is 12.7 Å². The van der Waals surface area contributed by atoms with Crippen LogP contribution in [0.1, 0.15) is 36.7 Å². The van der Waals surface area contributed by atoms with Crippen LogP contribution in [-0.2, 0) is 4.74 Å². The van der Waals surface area contributed by atoms with Gasteiger partial charge in [-0.05, 0) is 51.5 Å². The minimum Gasteiger partial charge on any atom is -0.385 e. The first-order valence-electron chi connectivity index (χ1n) is 7.17. The van der Waals surface area contributed by atoms with Crippen molar-refractivity contribution in [1.82, 2.24) is 4.90 Å². The topological polar surface area (TPSA) is 41.6 Å². The Hall–Kier alpha value is -1.55. The molecule has 4 nitrogen and oxygen atoms in total. The molecule has 1 aromatic carbocycles. The fraction of sp³-hybridized carbons (Fsp3) is 0.562. The summed E-state index contributed by atoms with van der Waals surface area (Å²) in [5, 5.41) is 3.27. The van der Waals surface area contributed by atoms with E-state index in [1.165, 1.54) is 0 Å². The van der Waals surface area contributed by atoms with Crippen molar-refractivity contribution in [3.05, 3.63) is 29.3 Å². The van der Waals surface area contributed by atoms with Crippen LogP contribution in [0.2, 0.25) is 0 Å². The van der Waals surface area contributed by atoms with E-state index in [4.69, 9.17) is 4.74 Å². The van der Waals surface area contributed by atoms with Gasteiger partial charge >= 0.3 is 0 Å². The van der Waals surface area contributed by atoms with Gasteiger partial charge in [0, 0.05) is 31.4 Å². The van der Waals surface area contributed by atoms with E-state index in [0.717, 1.165) is 23.4 Å². The van der Waals surface area contributed by atoms with Gasteiger partial charge in [-0.25, -0.2) is 0 Å². The lowest BCUT2D eigenvalue weighted by atomic mass is 10.1. The summed E-state index contributed by atoms with van der Waals surface area (Å²) in [7, 11) is 1.81. The summed E-state index contributed by atoms with van der Waals surface area (Å²) in [6, 6.07) is 5.76. The predicted molar refractivity (Wildman–Crippen MR) is 83.4 cm³/mol. The van der Waals surface area contributed by atoms with E-state index >= 15 is 0 Å². The highest BCUT2D eigenvalue weighted by atomic mass is 16.5. The van der Waals surface area contributed by atoms with Crippen molar-refractivity contribution >= 4 is 11.6 Å². The highest BCUT2D eigenvalue weighted by Crippen LogP contribution is 2.17. The van der Waals surface area contributed by atoms with Gasteiger partial charge in [-0.3, -0.25) is 4.79 Å². The molecule has 0 aliphatic heterocycles. The summed E-state index contributed by atoms with van der Waals surface area (Å²) in [5.74, 6) is 0.0310. The van der Waals surface area contributed by atoms with Gasteiger partial charge in [0.1, 0.15) is 0 Å². The molecule has 0 aromatic heterocycles. The third-order valence-corrected chi connectivity index (χ3v) is 3.07. The number of benzene rings is 1. The van der Waals surface area contributed by atoms with Gasteiger partial charge in [0.2, 0.25) is 0 Å². The summed E-state index contributed by atoms with van der Waals surface area (Å²) in [6.45, 7) is 10.1. The van der Waals surface area contributed by atoms with E-state index in [1.807, 2.05) is 39.0 Å². The first kappa shape index (κ1) is 16.5. The minimum atomic E-state index is 0.0310. The molecule has 0 aliphatic rings. The molecule has 0 heterocycles. The standard InChI is InChI=1S/C16H26N2O2/c1-6-17-15-8-7-14(11-13(15)4)16(19)18(5)9-10-20-12(2)3/h7-8,11-12,17H,6,9-10H2,1-5H3. The van der Waals surface area contributed by atoms with Gasteiger partial charge in [-0.2, -0.15) is 0 Å². The number of nitrogens with one attached hydrogen (secondary N) is 1. The van der Waals surface area contributed by atoms with Crippen molar-refractivity contribution in [1.29, 1.82) is 0 Å². The summed E-state index contributed by atoms with van der Waals surface area (Å²) >= 11 is 0. The lowest BCUT2D eigenvalue weighted by Crippen LogP contribution is -2.30. The van der Waals surface area contributed by atoms with E-state index in [-0.39, 0.29) is 12.0 Å². The molecular formula is C16H26N2O2. The maximum absolute atomic E-state index is 12.3. The van der Waals surface area contributed by atoms with Gasteiger partial charge in [0.25, 0.3) is 5.91 Å². The second kappa shape index (κ2) is 7.90. The molecule has 0 saturated carbocycles. The van der Waals surface area contributed by atoms with Crippen molar-refractivity contribution < 1.29 is 9.53 Å².